The zero-order valence-electron chi connectivity index (χ0n) is 12.4. The second-order valence-corrected chi connectivity index (χ2v) is 7.38. The monoisotopic (exact) mass is 344 g/mol. The van der Waals surface area contributed by atoms with Crippen LogP contribution in [0.3, 0.4) is 0 Å². The van der Waals surface area contributed by atoms with E-state index in [1.165, 1.54) is 62.1 Å². The van der Waals surface area contributed by atoms with E-state index in [-0.39, 0.29) is 5.75 Å². The van der Waals surface area contributed by atoms with Gasteiger partial charge in [-0.2, -0.15) is 0 Å². The number of hydrogen-bond acceptors (Lipinski definition) is 8. The molecule has 0 saturated heterocycles. The van der Waals surface area contributed by atoms with Gasteiger partial charge in [0.25, 0.3) is 5.91 Å². The first-order valence-corrected chi connectivity index (χ1v) is 9.06. The summed E-state index contributed by atoms with van der Waals surface area (Å²) in [5, 5.41) is 12.3. The average Bonchev–Trinajstić information content (AvgIpc) is 2.93. The van der Waals surface area contributed by atoms with E-state index in [9.17, 15) is 9.59 Å². The highest BCUT2D eigenvalue weighted by Crippen LogP contribution is 2.28. The number of amides is 1. The quantitative estimate of drug-likeness (QED) is 0.573. The summed E-state index contributed by atoms with van der Waals surface area (Å²) in [7, 11) is 0. The minimum Gasteiger partial charge on any atom is -0.452 e. The Bertz CT molecular complexity index is 517. The van der Waals surface area contributed by atoms with Crippen molar-refractivity contribution in [1.82, 2.24) is 10.2 Å². The first-order chi connectivity index (χ1) is 10.5. The first kappa shape index (κ1) is 17.0. The number of aromatic nitrogens is 2. The molecule has 1 saturated carbocycles. The van der Waals surface area contributed by atoms with Gasteiger partial charge in [0.1, 0.15) is 0 Å². The zero-order chi connectivity index (χ0) is 15.9. The van der Waals surface area contributed by atoms with Crippen LogP contribution in [-0.2, 0) is 14.3 Å². The van der Waals surface area contributed by atoms with Crippen molar-refractivity contribution in [3.63, 3.8) is 0 Å². The largest absolute Gasteiger partial charge is 0.452 e. The van der Waals surface area contributed by atoms with Gasteiger partial charge in [-0.15, -0.1) is 10.2 Å². The Morgan fingerprint density at radius 1 is 1.41 bits per heavy atom. The van der Waals surface area contributed by atoms with Gasteiger partial charge in [0.2, 0.25) is 5.13 Å². The molecule has 1 amide bonds. The fraction of sp³-hybridized carbons (Fsp3) is 0.692. The van der Waals surface area contributed by atoms with Gasteiger partial charge in [0, 0.05) is 6.04 Å². The van der Waals surface area contributed by atoms with Gasteiger partial charge in [-0.25, -0.2) is 0 Å². The van der Waals surface area contributed by atoms with Gasteiger partial charge >= 0.3 is 5.97 Å². The number of esters is 1. The predicted octanol–water partition coefficient (Wildman–Crippen LogP) is 1.79. The Morgan fingerprint density at radius 3 is 2.82 bits per heavy atom. The topological polar surface area (TPSA) is 107 Å². The minimum absolute atomic E-state index is 0.0790. The van der Waals surface area contributed by atoms with Crippen LogP contribution in [-0.4, -0.2) is 40.0 Å². The molecule has 1 aromatic rings. The Kier molecular flexibility index (Phi) is 6.44. The van der Waals surface area contributed by atoms with Crippen molar-refractivity contribution in [3.8, 4) is 0 Å². The van der Waals surface area contributed by atoms with Gasteiger partial charge in [0.05, 0.1) is 5.75 Å². The summed E-state index contributed by atoms with van der Waals surface area (Å²) in [4.78, 5) is 22.4. The molecular weight excluding hydrogens is 324 g/mol. The lowest BCUT2D eigenvalue weighted by atomic mass is 9.96. The SMILES string of the molecule is C[C@@H](OC(=O)CSc1nnc(NC2CCCCC2)s1)C(N)=O. The fourth-order valence-corrected chi connectivity index (χ4v) is 3.77. The lowest BCUT2D eigenvalue weighted by Gasteiger charge is -2.21. The maximum Gasteiger partial charge on any atom is 0.317 e. The molecule has 1 aromatic heterocycles. The molecule has 0 aliphatic heterocycles. The molecule has 122 valence electrons. The standard InChI is InChI=1S/C13H20N4O3S2/c1-8(11(14)19)20-10(18)7-21-13-17-16-12(22-13)15-9-5-3-2-4-6-9/h8-9H,2-7H2,1H3,(H2,14,19)(H,15,16)/t8-/m1/s1. The lowest BCUT2D eigenvalue weighted by molar-refractivity contribution is -0.151. The molecule has 1 heterocycles. The third kappa shape index (κ3) is 5.45. The van der Waals surface area contributed by atoms with Crippen molar-refractivity contribution in [2.45, 2.75) is 55.5 Å². The molecule has 1 aliphatic rings. The number of nitrogens with zero attached hydrogens (tertiary/aromatic N) is 2. The molecule has 0 radical (unpaired) electrons. The molecule has 0 bridgehead atoms. The van der Waals surface area contributed by atoms with E-state index in [1.54, 1.807) is 0 Å². The van der Waals surface area contributed by atoms with E-state index in [1.807, 2.05) is 0 Å². The van der Waals surface area contributed by atoms with Gasteiger partial charge in [0.15, 0.2) is 10.4 Å². The highest BCUT2D eigenvalue weighted by molar-refractivity contribution is 8.01. The molecule has 9 heteroatoms. The van der Waals surface area contributed by atoms with Crippen LogP contribution in [0.1, 0.15) is 39.0 Å². The van der Waals surface area contributed by atoms with Crippen molar-refractivity contribution < 1.29 is 14.3 Å². The van der Waals surface area contributed by atoms with Crippen LogP contribution in [0.4, 0.5) is 5.13 Å². The van der Waals surface area contributed by atoms with Crippen LogP contribution in [0.25, 0.3) is 0 Å². The number of nitrogens with two attached hydrogens (primary N) is 1. The molecule has 7 nitrogen and oxygen atoms in total. The summed E-state index contributed by atoms with van der Waals surface area (Å²) in [5.41, 5.74) is 5.03. The second kappa shape index (κ2) is 8.33. The number of nitrogens with one attached hydrogen (secondary N) is 1. The van der Waals surface area contributed by atoms with E-state index >= 15 is 0 Å². The van der Waals surface area contributed by atoms with E-state index in [4.69, 9.17) is 10.5 Å². The smallest absolute Gasteiger partial charge is 0.317 e. The van der Waals surface area contributed by atoms with Crippen molar-refractivity contribution in [3.05, 3.63) is 0 Å². The van der Waals surface area contributed by atoms with Crippen molar-refractivity contribution in [1.29, 1.82) is 0 Å². The lowest BCUT2D eigenvalue weighted by Crippen LogP contribution is -2.30. The van der Waals surface area contributed by atoms with E-state index in [0.717, 1.165) is 5.13 Å². The third-order valence-electron chi connectivity index (χ3n) is 3.36. The number of carbonyl (C=O) groups excluding carboxylic acids is 2. The Balaban J connectivity index is 1.74. The molecule has 1 fully saturated rings. The molecule has 0 aromatic carbocycles. The summed E-state index contributed by atoms with van der Waals surface area (Å²) < 4.78 is 5.56. The van der Waals surface area contributed by atoms with Crippen LogP contribution in [0.5, 0.6) is 0 Å². The number of ether oxygens (including phenoxy) is 1. The van der Waals surface area contributed by atoms with Gasteiger partial charge in [-0.1, -0.05) is 42.4 Å². The summed E-state index contributed by atoms with van der Waals surface area (Å²) in [6, 6.07) is 0.473. The minimum atomic E-state index is -0.911. The van der Waals surface area contributed by atoms with Crippen LogP contribution >= 0.6 is 23.1 Å². The molecule has 3 N–H and O–H groups in total. The van der Waals surface area contributed by atoms with Gasteiger partial charge in [-0.05, 0) is 19.8 Å². The third-order valence-corrected chi connectivity index (χ3v) is 5.32. The molecule has 1 atom stereocenters. The Labute approximate surface area is 137 Å². The molecule has 2 rings (SSSR count). The summed E-state index contributed by atoms with van der Waals surface area (Å²) >= 11 is 2.67. The van der Waals surface area contributed by atoms with Gasteiger partial charge < -0.3 is 15.8 Å². The Hall–Kier alpha value is -1.35. The summed E-state index contributed by atoms with van der Waals surface area (Å²) in [5.74, 6) is -1.07. The first-order valence-electron chi connectivity index (χ1n) is 7.26. The molecule has 0 spiro atoms. The Morgan fingerprint density at radius 2 is 2.14 bits per heavy atom. The molecule has 1 aliphatic carbocycles. The summed E-state index contributed by atoms with van der Waals surface area (Å²) in [6.45, 7) is 1.45. The highest BCUT2D eigenvalue weighted by Gasteiger charge is 2.17. The molecule has 0 unspecified atom stereocenters. The number of rotatable bonds is 7. The number of anilines is 1. The fourth-order valence-electron chi connectivity index (χ4n) is 2.16. The molecular formula is C13H20N4O3S2. The van der Waals surface area contributed by atoms with Crippen molar-refractivity contribution >= 4 is 40.1 Å². The van der Waals surface area contributed by atoms with Gasteiger partial charge in [-0.3, -0.25) is 9.59 Å². The highest BCUT2D eigenvalue weighted by atomic mass is 32.2. The second-order valence-electron chi connectivity index (χ2n) is 5.18. The van der Waals surface area contributed by atoms with E-state index in [2.05, 4.69) is 15.5 Å². The summed E-state index contributed by atoms with van der Waals surface area (Å²) in [6.07, 6.45) is 5.23. The number of hydrogen-bond donors (Lipinski definition) is 2. The van der Waals surface area contributed by atoms with Crippen LogP contribution in [0.15, 0.2) is 4.34 Å². The van der Waals surface area contributed by atoms with Crippen molar-refractivity contribution in [2.75, 3.05) is 11.1 Å². The normalized spacial score (nSPS) is 17.0. The number of thioether (sulfide) groups is 1. The van der Waals surface area contributed by atoms with E-state index < -0.39 is 18.0 Å². The zero-order valence-corrected chi connectivity index (χ0v) is 14.0. The maximum absolute atomic E-state index is 11.5. The van der Waals surface area contributed by atoms with Crippen molar-refractivity contribution in [2.24, 2.45) is 5.73 Å². The number of carbonyl (C=O) groups is 2. The van der Waals surface area contributed by atoms with E-state index in [0.29, 0.717) is 10.4 Å². The van der Waals surface area contributed by atoms with Crippen LogP contribution < -0.4 is 11.1 Å². The molecule has 22 heavy (non-hydrogen) atoms. The van der Waals surface area contributed by atoms with Crippen LogP contribution in [0, 0.1) is 0 Å². The average molecular weight is 344 g/mol. The van der Waals surface area contributed by atoms with Crippen LogP contribution in [0.2, 0.25) is 0 Å². The number of primary amides is 1. The predicted molar refractivity (Wildman–Crippen MR) is 85.9 cm³/mol. The maximum atomic E-state index is 11.5.